The second-order valence-electron chi connectivity index (χ2n) is 7.29. The van der Waals surface area contributed by atoms with Crippen molar-refractivity contribution >= 4 is 23.9 Å². The summed E-state index contributed by atoms with van der Waals surface area (Å²) in [5.41, 5.74) is 1.37. The Morgan fingerprint density at radius 2 is 0.778 bits per heavy atom. The van der Waals surface area contributed by atoms with Crippen molar-refractivity contribution in [2.75, 3.05) is 28.4 Å². The molecule has 0 aliphatic heterocycles. The molecule has 4 aliphatic rings. The van der Waals surface area contributed by atoms with Crippen LogP contribution in [0.1, 0.15) is 6.42 Å². The van der Waals surface area contributed by atoms with Crippen molar-refractivity contribution in [3.63, 3.8) is 0 Å². The number of rotatable bonds is 4. The van der Waals surface area contributed by atoms with Crippen molar-refractivity contribution in [1.82, 2.24) is 0 Å². The summed E-state index contributed by atoms with van der Waals surface area (Å²) in [4.78, 5) is 49.1. The van der Waals surface area contributed by atoms with Crippen LogP contribution in [-0.2, 0) is 38.1 Å². The minimum atomic E-state index is -0.545. The van der Waals surface area contributed by atoms with Gasteiger partial charge in [-0.25, -0.2) is 19.2 Å². The molecule has 0 heterocycles. The van der Waals surface area contributed by atoms with E-state index in [0.29, 0.717) is 28.7 Å². The number of hydrogen-bond donors (Lipinski definition) is 0. The molecule has 0 N–H and O–H groups in total. The van der Waals surface area contributed by atoms with Crippen LogP contribution in [0.15, 0.2) is 22.3 Å². The molecule has 8 nitrogen and oxygen atoms in total. The van der Waals surface area contributed by atoms with Gasteiger partial charge in [-0.2, -0.15) is 0 Å². The molecule has 0 saturated heterocycles. The number of fused-ring (bicyclic) bond motifs is 8. The molecule has 27 heavy (non-hydrogen) atoms. The number of carbonyl (C=O) groups is 4. The van der Waals surface area contributed by atoms with E-state index >= 15 is 0 Å². The maximum atomic E-state index is 12.3. The second kappa shape index (κ2) is 5.94. The fourth-order valence-corrected chi connectivity index (χ4v) is 5.94. The van der Waals surface area contributed by atoms with Crippen LogP contribution in [0.2, 0.25) is 0 Å². The molecule has 8 heteroatoms. The molecule has 4 rings (SSSR count). The Morgan fingerprint density at radius 1 is 0.556 bits per heavy atom. The fraction of sp³-hybridized carbons (Fsp3) is 0.579. The Labute approximate surface area is 155 Å². The van der Waals surface area contributed by atoms with Gasteiger partial charge in [0.25, 0.3) is 0 Å². The predicted octanol–water partition coefficient (Wildman–Crippen LogP) is 0.413. The van der Waals surface area contributed by atoms with Crippen LogP contribution in [0, 0.1) is 35.5 Å². The molecule has 2 saturated carbocycles. The first-order chi connectivity index (χ1) is 12.9. The summed E-state index contributed by atoms with van der Waals surface area (Å²) in [7, 11) is 5.08. The average molecular weight is 376 g/mol. The van der Waals surface area contributed by atoms with E-state index < -0.39 is 23.9 Å². The van der Waals surface area contributed by atoms with E-state index in [2.05, 4.69) is 0 Å². The predicted molar refractivity (Wildman–Crippen MR) is 87.7 cm³/mol. The first-order valence-corrected chi connectivity index (χ1v) is 8.74. The molecule has 2 bridgehead atoms. The number of ether oxygens (including phenoxy) is 4. The Morgan fingerprint density at radius 3 is 0.963 bits per heavy atom. The molecule has 0 amide bonds. The van der Waals surface area contributed by atoms with E-state index in [-0.39, 0.29) is 35.5 Å². The summed E-state index contributed by atoms with van der Waals surface area (Å²) >= 11 is 0. The largest absolute Gasteiger partial charge is 0.466 e. The van der Waals surface area contributed by atoms with Crippen LogP contribution in [0.4, 0.5) is 0 Å². The highest BCUT2D eigenvalue weighted by Gasteiger charge is 2.72. The van der Waals surface area contributed by atoms with Gasteiger partial charge in [-0.3, -0.25) is 0 Å². The first kappa shape index (κ1) is 17.8. The van der Waals surface area contributed by atoms with Gasteiger partial charge in [-0.05, 0) is 18.3 Å². The highest BCUT2D eigenvalue weighted by atomic mass is 16.5. The summed E-state index contributed by atoms with van der Waals surface area (Å²) < 4.78 is 19.5. The minimum Gasteiger partial charge on any atom is -0.466 e. The second-order valence-corrected chi connectivity index (χ2v) is 7.29. The SMILES string of the molecule is COC(=O)C1=C(C(=O)OC)[C@H]2C3CC([C@@H]12)[C@@H]1C(C(=O)OC)=C(C(=O)OC)[C@H]31. The van der Waals surface area contributed by atoms with Crippen molar-refractivity contribution in [3.05, 3.63) is 22.3 Å². The summed E-state index contributed by atoms with van der Waals surface area (Å²) in [5.74, 6) is -2.89. The van der Waals surface area contributed by atoms with E-state index in [4.69, 9.17) is 18.9 Å². The number of esters is 4. The van der Waals surface area contributed by atoms with E-state index in [9.17, 15) is 19.2 Å². The van der Waals surface area contributed by atoms with Gasteiger partial charge in [-0.15, -0.1) is 0 Å². The third-order valence-electron chi connectivity index (χ3n) is 6.70. The van der Waals surface area contributed by atoms with Gasteiger partial charge in [0.2, 0.25) is 0 Å². The van der Waals surface area contributed by atoms with Crippen LogP contribution >= 0.6 is 0 Å². The zero-order chi connectivity index (χ0) is 19.6. The maximum absolute atomic E-state index is 12.3. The molecule has 4 aliphatic carbocycles. The van der Waals surface area contributed by atoms with Crippen molar-refractivity contribution in [3.8, 4) is 0 Å². The highest BCUT2D eigenvalue weighted by Crippen LogP contribution is 2.73. The van der Waals surface area contributed by atoms with Crippen LogP contribution in [0.25, 0.3) is 0 Å². The minimum absolute atomic E-state index is 0.0185. The average Bonchev–Trinajstić information content (AvgIpc) is 3.08. The van der Waals surface area contributed by atoms with E-state index in [0.717, 1.165) is 0 Å². The van der Waals surface area contributed by atoms with Crippen molar-refractivity contribution < 1.29 is 38.1 Å². The monoisotopic (exact) mass is 376 g/mol. The van der Waals surface area contributed by atoms with Gasteiger partial charge >= 0.3 is 23.9 Å². The molecule has 0 aromatic heterocycles. The first-order valence-electron chi connectivity index (χ1n) is 8.74. The topological polar surface area (TPSA) is 105 Å². The van der Waals surface area contributed by atoms with E-state index in [1.807, 2.05) is 0 Å². The van der Waals surface area contributed by atoms with Gasteiger partial charge in [-0.1, -0.05) is 0 Å². The smallest absolute Gasteiger partial charge is 0.334 e. The lowest BCUT2D eigenvalue weighted by atomic mass is 9.49. The maximum Gasteiger partial charge on any atom is 0.334 e. The quantitative estimate of drug-likeness (QED) is 0.513. The van der Waals surface area contributed by atoms with Gasteiger partial charge in [0, 0.05) is 23.7 Å². The van der Waals surface area contributed by atoms with Crippen molar-refractivity contribution in [2.45, 2.75) is 6.42 Å². The van der Waals surface area contributed by atoms with E-state index in [1.165, 1.54) is 28.4 Å². The van der Waals surface area contributed by atoms with E-state index in [1.54, 1.807) is 0 Å². The Bertz CT molecular complexity index is 703. The highest BCUT2D eigenvalue weighted by molar-refractivity contribution is 6.07. The van der Waals surface area contributed by atoms with Gasteiger partial charge in [0.15, 0.2) is 0 Å². The fourth-order valence-electron chi connectivity index (χ4n) is 5.94. The molecule has 2 unspecified atom stereocenters. The molecule has 0 aromatic carbocycles. The molecule has 0 radical (unpaired) electrons. The van der Waals surface area contributed by atoms with Gasteiger partial charge < -0.3 is 18.9 Å². The third kappa shape index (κ3) is 1.98. The van der Waals surface area contributed by atoms with Crippen molar-refractivity contribution in [2.24, 2.45) is 35.5 Å². The standard InChI is InChI=1S/C19H20O8/c1-24-16(20)12-8-6-5-7(9(8)13(12)17(21)25-2)11-10(6)14(18(22)26-3)15(11)19(23)27-4/h6-11H,5H2,1-4H3/t6?,7?,8-,9+,10+,11-. The zero-order valence-electron chi connectivity index (χ0n) is 15.4. The Hall–Kier alpha value is -2.64. The molecule has 6 atom stereocenters. The summed E-state index contributed by atoms with van der Waals surface area (Å²) in [6.07, 6.45) is 0.715. The lowest BCUT2D eigenvalue weighted by molar-refractivity contribution is -0.146. The van der Waals surface area contributed by atoms with Crippen LogP contribution < -0.4 is 0 Å². The lowest BCUT2D eigenvalue weighted by Gasteiger charge is -2.52. The molecular weight excluding hydrogens is 356 g/mol. The Kier molecular flexibility index (Phi) is 3.90. The summed E-state index contributed by atoms with van der Waals surface area (Å²) in [6.45, 7) is 0. The molecule has 0 aromatic rings. The summed E-state index contributed by atoms with van der Waals surface area (Å²) in [5, 5.41) is 0. The van der Waals surface area contributed by atoms with Gasteiger partial charge in [0.05, 0.1) is 50.7 Å². The summed E-state index contributed by atoms with van der Waals surface area (Å²) in [6, 6.07) is 0. The molecule has 2 fully saturated rings. The number of hydrogen-bond acceptors (Lipinski definition) is 8. The van der Waals surface area contributed by atoms with Crippen LogP contribution in [0.3, 0.4) is 0 Å². The zero-order valence-corrected chi connectivity index (χ0v) is 15.4. The van der Waals surface area contributed by atoms with Gasteiger partial charge in [0.1, 0.15) is 0 Å². The normalized spacial score (nSPS) is 34.8. The number of methoxy groups -OCH3 is 4. The van der Waals surface area contributed by atoms with Crippen LogP contribution in [0.5, 0.6) is 0 Å². The third-order valence-corrected chi connectivity index (χ3v) is 6.70. The molecular formula is C19H20O8. The molecule has 0 spiro atoms. The number of carbonyl (C=O) groups excluding carboxylic acids is 4. The lowest BCUT2D eigenvalue weighted by Crippen LogP contribution is -2.53. The molecule has 144 valence electrons. The van der Waals surface area contributed by atoms with Crippen molar-refractivity contribution in [1.29, 1.82) is 0 Å². The van der Waals surface area contributed by atoms with Crippen LogP contribution in [-0.4, -0.2) is 52.3 Å². The Balaban J connectivity index is 1.76.